The summed E-state index contributed by atoms with van der Waals surface area (Å²) >= 11 is 0. The molecule has 0 aliphatic rings. The number of amides is 1. The highest BCUT2D eigenvalue weighted by molar-refractivity contribution is 7.92. The monoisotopic (exact) mass is 469 g/mol. The molecule has 2 aromatic rings. The first kappa shape index (κ1) is 24.6. The molecule has 0 spiro atoms. The summed E-state index contributed by atoms with van der Waals surface area (Å²) in [5.74, 6) is 0.110. The van der Waals surface area contributed by atoms with Crippen LogP contribution in [0.3, 0.4) is 0 Å². The van der Waals surface area contributed by atoms with Crippen LogP contribution in [-0.4, -0.2) is 67.6 Å². The summed E-state index contributed by atoms with van der Waals surface area (Å²) in [5.41, 5.74) is 1.49. The van der Waals surface area contributed by atoms with Gasteiger partial charge in [0.15, 0.2) is 0 Å². The van der Waals surface area contributed by atoms with Crippen molar-refractivity contribution in [1.82, 2.24) is 9.62 Å². The molecule has 1 N–H and O–H groups in total. The summed E-state index contributed by atoms with van der Waals surface area (Å²) in [4.78, 5) is 12.6. The fourth-order valence-corrected chi connectivity index (χ4v) is 4.08. The molecular weight excluding hydrogens is 442 g/mol. The first-order valence-corrected chi connectivity index (χ1v) is 12.6. The predicted molar refractivity (Wildman–Crippen MR) is 120 cm³/mol. The molecule has 0 aromatic heterocycles. The van der Waals surface area contributed by atoms with Crippen molar-refractivity contribution in [1.29, 1.82) is 0 Å². The third kappa shape index (κ3) is 6.18. The molecule has 0 unspecified atom stereocenters. The van der Waals surface area contributed by atoms with Crippen LogP contribution in [0.2, 0.25) is 0 Å². The van der Waals surface area contributed by atoms with Crippen molar-refractivity contribution >= 4 is 31.6 Å². The predicted octanol–water partition coefficient (Wildman–Crippen LogP) is 1.45. The first-order chi connectivity index (χ1) is 14.3. The van der Waals surface area contributed by atoms with Crippen molar-refractivity contribution in [3.8, 4) is 5.75 Å². The lowest BCUT2D eigenvalue weighted by molar-refractivity contribution is 0.0947. The Labute approximate surface area is 183 Å². The number of carbonyl (C=O) groups excluding carboxylic acids is 1. The van der Waals surface area contributed by atoms with E-state index in [9.17, 15) is 21.6 Å². The van der Waals surface area contributed by atoms with E-state index in [1.165, 1.54) is 39.3 Å². The molecule has 1 amide bonds. The van der Waals surface area contributed by atoms with E-state index < -0.39 is 20.0 Å². The second-order valence-electron chi connectivity index (χ2n) is 7.09. The van der Waals surface area contributed by atoms with Gasteiger partial charge < -0.3 is 10.1 Å². The molecule has 0 bridgehead atoms. The Morgan fingerprint density at radius 2 is 1.61 bits per heavy atom. The van der Waals surface area contributed by atoms with E-state index in [0.717, 1.165) is 20.4 Å². The standard InChI is InChI=1S/C20H27N3O6S2/c1-15-6-7-16(14-19(15)23(4)30(5,25)26)20(24)21-12-13-29-17-8-10-18(11-9-17)31(27,28)22(2)3/h6-11,14H,12-13H2,1-5H3,(H,21,24). The molecular formula is C20H27N3O6S2. The molecule has 2 aromatic carbocycles. The highest BCUT2D eigenvalue weighted by atomic mass is 32.2. The topological polar surface area (TPSA) is 113 Å². The molecule has 0 fully saturated rings. The van der Waals surface area contributed by atoms with Crippen molar-refractivity contribution in [3.05, 3.63) is 53.6 Å². The van der Waals surface area contributed by atoms with Crippen LogP contribution in [0, 0.1) is 6.92 Å². The fraction of sp³-hybridized carbons (Fsp3) is 0.350. The third-order valence-corrected chi connectivity index (χ3v) is 7.59. The molecule has 0 atom stereocenters. The number of rotatable bonds is 9. The maximum absolute atomic E-state index is 12.4. The summed E-state index contributed by atoms with van der Waals surface area (Å²) < 4.78 is 55.5. The summed E-state index contributed by atoms with van der Waals surface area (Å²) in [7, 11) is -2.60. The number of hydrogen-bond acceptors (Lipinski definition) is 6. The molecule has 0 aliphatic heterocycles. The Bertz CT molecular complexity index is 1140. The summed E-state index contributed by atoms with van der Waals surface area (Å²) in [6.07, 6.45) is 1.10. The molecule has 0 saturated carbocycles. The molecule has 9 nitrogen and oxygen atoms in total. The number of benzene rings is 2. The second-order valence-corrected chi connectivity index (χ2v) is 11.3. The largest absolute Gasteiger partial charge is 0.492 e. The van der Waals surface area contributed by atoms with Crippen molar-refractivity contribution < 1.29 is 26.4 Å². The lowest BCUT2D eigenvalue weighted by Crippen LogP contribution is -2.29. The lowest BCUT2D eigenvalue weighted by Gasteiger charge is -2.19. The van der Waals surface area contributed by atoms with Crippen LogP contribution >= 0.6 is 0 Å². The summed E-state index contributed by atoms with van der Waals surface area (Å²) in [5, 5.41) is 2.71. The molecule has 2 rings (SSSR count). The molecule has 0 saturated heterocycles. The summed E-state index contributed by atoms with van der Waals surface area (Å²) in [6, 6.07) is 10.8. The van der Waals surface area contributed by atoms with E-state index >= 15 is 0 Å². The maximum atomic E-state index is 12.4. The van der Waals surface area contributed by atoms with E-state index in [0.29, 0.717) is 17.0 Å². The lowest BCUT2D eigenvalue weighted by atomic mass is 10.1. The third-order valence-electron chi connectivity index (χ3n) is 4.57. The van der Waals surface area contributed by atoms with Crippen molar-refractivity contribution in [2.75, 3.05) is 44.9 Å². The molecule has 0 heterocycles. The molecule has 170 valence electrons. The zero-order valence-electron chi connectivity index (χ0n) is 18.1. The highest BCUT2D eigenvalue weighted by Gasteiger charge is 2.17. The van der Waals surface area contributed by atoms with Crippen LogP contribution in [0.1, 0.15) is 15.9 Å². The zero-order chi connectivity index (χ0) is 23.4. The molecule has 11 heteroatoms. The van der Waals surface area contributed by atoms with Crippen LogP contribution in [0.5, 0.6) is 5.75 Å². The van der Waals surface area contributed by atoms with Gasteiger partial charge in [0.25, 0.3) is 5.91 Å². The van der Waals surface area contributed by atoms with Gasteiger partial charge in [0, 0.05) is 26.7 Å². The molecule has 0 aliphatic carbocycles. The number of anilines is 1. The van der Waals surface area contributed by atoms with Gasteiger partial charge in [-0.15, -0.1) is 0 Å². The van der Waals surface area contributed by atoms with Gasteiger partial charge in [-0.05, 0) is 48.9 Å². The van der Waals surface area contributed by atoms with Crippen LogP contribution in [0.15, 0.2) is 47.4 Å². The Morgan fingerprint density at radius 1 is 1.00 bits per heavy atom. The van der Waals surface area contributed by atoms with E-state index in [1.54, 1.807) is 31.2 Å². The van der Waals surface area contributed by atoms with Gasteiger partial charge in [-0.2, -0.15) is 0 Å². The number of sulfonamides is 2. The van der Waals surface area contributed by atoms with Gasteiger partial charge >= 0.3 is 0 Å². The van der Waals surface area contributed by atoms with Gasteiger partial charge in [-0.3, -0.25) is 9.10 Å². The Kier molecular flexibility index (Phi) is 7.68. The van der Waals surface area contributed by atoms with Crippen LogP contribution < -0.4 is 14.4 Å². The van der Waals surface area contributed by atoms with Crippen LogP contribution in [0.25, 0.3) is 0 Å². The van der Waals surface area contributed by atoms with Gasteiger partial charge in [0.05, 0.1) is 23.4 Å². The number of ether oxygens (including phenoxy) is 1. The molecule has 0 radical (unpaired) electrons. The SMILES string of the molecule is Cc1ccc(C(=O)NCCOc2ccc(S(=O)(=O)N(C)C)cc2)cc1N(C)S(C)(=O)=O. The minimum Gasteiger partial charge on any atom is -0.492 e. The number of carbonyl (C=O) groups is 1. The van der Waals surface area contributed by atoms with Crippen molar-refractivity contribution in [3.63, 3.8) is 0 Å². The number of aryl methyl sites for hydroxylation is 1. The average Bonchev–Trinajstić information content (AvgIpc) is 2.70. The highest BCUT2D eigenvalue weighted by Crippen LogP contribution is 2.22. The Morgan fingerprint density at radius 3 is 2.16 bits per heavy atom. The van der Waals surface area contributed by atoms with Crippen molar-refractivity contribution in [2.24, 2.45) is 0 Å². The van der Waals surface area contributed by atoms with Crippen LogP contribution in [-0.2, 0) is 20.0 Å². The van der Waals surface area contributed by atoms with Gasteiger partial charge in [0.1, 0.15) is 12.4 Å². The Hall–Kier alpha value is -2.63. The van der Waals surface area contributed by atoms with E-state index in [4.69, 9.17) is 4.74 Å². The van der Waals surface area contributed by atoms with E-state index in [-0.39, 0.29) is 24.0 Å². The zero-order valence-corrected chi connectivity index (χ0v) is 19.7. The minimum atomic E-state index is -3.50. The normalized spacial score (nSPS) is 11.9. The minimum absolute atomic E-state index is 0.160. The Balaban J connectivity index is 1.94. The number of nitrogens with zero attached hydrogens (tertiary/aromatic N) is 2. The van der Waals surface area contributed by atoms with Crippen LogP contribution in [0.4, 0.5) is 5.69 Å². The quantitative estimate of drug-likeness (QED) is 0.556. The van der Waals surface area contributed by atoms with E-state index in [1.807, 2.05) is 0 Å². The molecule has 31 heavy (non-hydrogen) atoms. The van der Waals surface area contributed by atoms with E-state index in [2.05, 4.69) is 5.32 Å². The summed E-state index contributed by atoms with van der Waals surface area (Å²) in [6.45, 7) is 2.15. The van der Waals surface area contributed by atoms with Crippen molar-refractivity contribution in [2.45, 2.75) is 11.8 Å². The fourth-order valence-electron chi connectivity index (χ4n) is 2.62. The van der Waals surface area contributed by atoms with Gasteiger partial charge in [-0.25, -0.2) is 21.1 Å². The number of hydrogen-bond donors (Lipinski definition) is 1. The smallest absolute Gasteiger partial charge is 0.251 e. The van der Waals surface area contributed by atoms with Gasteiger partial charge in [-0.1, -0.05) is 6.07 Å². The second kappa shape index (κ2) is 9.67. The maximum Gasteiger partial charge on any atom is 0.251 e. The number of nitrogens with one attached hydrogen (secondary N) is 1. The van der Waals surface area contributed by atoms with Gasteiger partial charge in [0.2, 0.25) is 20.0 Å². The average molecular weight is 470 g/mol. The first-order valence-electron chi connectivity index (χ1n) is 9.32.